The Bertz CT molecular complexity index is 269. The minimum absolute atomic E-state index is 0. The summed E-state index contributed by atoms with van der Waals surface area (Å²) < 4.78 is 0. The highest BCUT2D eigenvalue weighted by molar-refractivity contribution is 5.85. The third-order valence-corrected chi connectivity index (χ3v) is 4.30. The van der Waals surface area contributed by atoms with Gasteiger partial charge in [-0.15, -0.1) is 12.4 Å². The van der Waals surface area contributed by atoms with Gasteiger partial charge >= 0.3 is 0 Å². The van der Waals surface area contributed by atoms with Crippen molar-refractivity contribution in [3.8, 4) is 0 Å². The molecule has 0 bridgehead atoms. The van der Waals surface area contributed by atoms with Crippen molar-refractivity contribution in [1.29, 1.82) is 0 Å². The SMILES string of the molecule is C[C@@H]1CNCCN1CC(=O)NCC1CCCCC1.Cl. The first-order chi connectivity index (χ1) is 8.75. The topological polar surface area (TPSA) is 44.4 Å². The van der Waals surface area contributed by atoms with E-state index in [2.05, 4.69) is 22.5 Å². The van der Waals surface area contributed by atoms with Crippen molar-refractivity contribution in [2.45, 2.75) is 45.1 Å². The molecule has 4 nitrogen and oxygen atoms in total. The zero-order chi connectivity index (χ0) is 12.8. The van der Waals surface area contributed by atoms with Gasteiger partial charge in [0.15, 0.2) is 0 Å². The summed E-state index contributed by atoms with van der Waals surface area (Å²) in [5.74, 6) is 0.928. The van der Waals surface area contributed by atoms with E-state index in [9.17, 15) is 4.79 Å². The zero-order valence-corrected chi connectivity index (χ0v) is 12.8. The van der Waals surface area contributed by atoms with Gasteiger partial charge in [-0.3, -0.25) is 9.69 Å². The van der Waals surface area contributed by atoms with Crippen LogP contribution in [0, 0.1) is 5.92 Å². The van der Waals surface area contributed by atoms with Crippen molar-refractivity contribution in [2.75, 3.05) is 32.7 Å². The quantitative estimate of drug-likeness (QED) is 0.822. The van der Waals surface area contributed by atoms with Gasteiger partial charge in [0.1, 0.15) is 0 Å². The van der Waals surface area contributed by atoms with E-state index in [1.807, 2.05) is 0 Å². The number of halogens is 1. The Kier molecular flexibility index (Phi) is 7.73. The van der Waals surface area contributed by atoms with E-state index in [0.717, 1.165) is 32.1 Å². The molecule has 0 aromatic heterocycles. The molecule has 112 valence electrons. The van der Waals surface area contributed by atoms with E-state index in [4.69, 9.17) is 0 Å². The van der Waals surface area contributed by atoms with Crippen LogP contribution in [0.3, 0.4) is 0 Å². The van der Waals surface area contributed by atoms with Crippen LogP contribution >= 0.6 is 12.4 Å². The standard InChI is InChI=1S/C14H27N3O.ClH/c1-12-9-15-7-8-17(12)11-14(18)16-10-13-5-3-2-4-6-13;/h12-13,15H,2-11H2,1H3,(H,16,18);1H/t12-;/m1./s1. The van der Waals surface area contributed by atoms with Gasteiger partial charge in [-0.1, -0.05) is 19.3 Å². The van der Waals surface area contributed by atoms with Gasteiger partial charge in [0.25, 0.3) is 0 Å². The minimum atomic E-state index is 0. The van der Waals surface area contributed by atoms with Crippen molar-refractivity contribution in [2.24, 2.45) is 5.92 Å². The zero-order valence-electron chi connectivity index (χ0n) is 12.0. The lowest BCUT2D eigenvalue weighted by Gasteiger charge is -2.33. The third-order valence-electron chi connectivity index (χ3n) is 4.30. The summed E-state index contributed by atoms with van der Waals surface area (Å²) in [4.78, 5) is 14.2. The van der Waals surface area contributed by atoms with Crippen molar-refractivity contribution in [3.05, 3.63) is 0 Å². The van der Waals surface area contributed by atoms with E-state index in [-0.39, 0.29) is 18.3 Å². The van der Waals surface area contributed by atoms with Crippen molar-refractivity contribution in [1.82, 2.24) is 15.5 Å². The van der Waals surface area contributed by atoms with Crippen LogP contribution < -0.4 is 10.6 Å². The first kappa shape index (κ1) is 16.7. The van der Waals surface area contributed by atoms with Crippen LogP contribution in [0.4, 0.5) is 0 Å². The summed E-state index contributed by atoms with van der Waals surface area (Å²) in [5, 5.41) is 6.47. The molecule has 0 radical (unpaired) electrons. The summed E-state index contributed by atoms with van der Waals surface area (Å²) in [7, 11) is 0. The summed E-state index contributed by atoms with van der Waals surface area (Å²) in [5.41, 5.74) is 0. The summed E-state index contributed by atoms with van der Waals surface area (Å²) in [6, 6.07) is 0.471. The molecule has 1 saturated heterocycles. The Hall–Kier alpha value is -0.320. The van der Waals surface area contributed by atoms with E-state index in [1.54, 1.807) is 0 Å². The lowest BCUT2D eigenvalue weighted by molar-refractivity contribution is -0.123. The van der Waals surface area contributed by atoms with Gasteiger partial charge in [-0.05, 0) is 25.7 Å². The Labute approximate surface area is 123 Å². The van der Waals surface area contributed by atoms with Gasteiger partial charge in [-0.2, -0.15) is 0 Å². The summed E-state index contributed by atoms with van der Waals surface area (Å²) in [6.07, 6.45) is 6.65. The Morgan fingerprint density at radius 2 is 2.05 bits per heavy atom. The van der Waals surface area contributed by atoms with Gasteiger partial charge in [0.2, 0.25) is 5.91 Å². The summed E-state index contributed by atoms with van der Waals surface area (Å²) >= 11 is 0. The molecule has 0 unspecified atom stereocenters. The maximum atomic E-state index is 11.9. The Morgan fingerprint density at radius 3 is 2.74 bits per heavy atom. The van der Waals surface area contributed by atoms with E-state index in [0.29, 0.717) is 12.6 Å². The molecule has 0 aromatic rings. The molecule has 2 N–H and O–H groups in total. The Balaban J connectivity index is 0.00000180. The van der Waals surface area contributed by atoms with Crippen molar-refractivity contribution >= 4 is 18.3 Å². The van der Waals surface area contributed by atoms with E-state index in [1.165, 1.54) is 32.1 Å². The average Bonchev–Trinajstić information content (AvgIpc) is 2.40. The predicted octanol–water partition coefficient (Wildman–Crippen LogP) is 1.40. The van der Waals surface area contributed by atoms with Crippen LogP contribution in [0.2, 0.25) is 0 Å². The number of carbonyl (C=O) groups excluding carboxylic acids is 1. The van der Waals surface area contributed by atoms with E-state index >= 15 is 0 Å². The van der Waals surface area contributed by atoms with Gasteiger partial charge in [0.05, 0.1) is 6.54 Å². The van der Waals surface area contributed by atoms with Crippen LogP contribution in [0.1, 0.15) is 39.0 Å². The molecule has 0 aromatic carbocycles. The van der Waals surface area contributed by atoms with Crippen LogP contribution in [-0.4, -0.2) is 49.6 Å². The molecule has 1 atom stereocenters. The molecule has 1 aliphatic heterocycles. The Morgan fingerprint density at radius 1 is 1.32 bits per heavy atom. The van der Waals surface area contributed by atoms with Gasteiger partial charge in [0, 0.05) is 32.2 Å². The molecule has 1 amide bonds. The highest BCUT2D eigenvalue weighted by Gasteiger charge is 2.20. The average molecular weight is 290 g/mol. The third kappa shape index (κ3) is 5.67. The highest BCUT2D eigenvalue weighted by atomic mass is 35.5. The molecule has 2 aliphatic rings. The van der Waals surface area contributed by atoms with Crippen LogP contribution in [0.25, 0.3) is 0 Å². The van der Waals surface area contributed by atoms with Crippen molar-refractivity contribution in [3.63, 3.8) is 0 Å². The lowest BCUT2D eigenvalue weighted by Crippen LogP contribution is -2.53. The molecule has 5 heteroatoms. The fraction of sp³-hybridized carbons (Fsp3) is 0.929. The maximum Gasteiger partial charge on any atom is 0.234 e. The largest absolute Gasteiger partial charge is 0.355 e. The second-order valence-corrected chi connectivity index (χ2v) is 5.83. The van der Waals surface area contributed by atoms with Gasteiger partial charge < -0.3 is 10.6 Å². The second kappa shape index (κ2) is 8.77. The second-order valence-electron chi connectivity index (χ2n) is 5.83. The van der Waals surface area contributed by atoms with Crippen LogP contribution in [0.5, 0.6) is 0 Å². The monoisotopic (exact) mass is 289 g/mol. The lowest BCUT2D eigenvalue weighted by atomic mass is 9.89. The van der Waals surface area contributed by atoms with Crippen LogP contribution in [-0.2, 0) is 4.79 Å². The minimum Gasteiger partial charge on any atom is -0.355 e. The fourth-order valence-electron chi connectivity index (χ4n) is 3.01. The maximum absolute atomic E-state index is 11.9. The molecular weight excluding hydrogens is 262 g/mol. The normalized spacial score (nSPS) is 25.6. The molecule has 19 heavy (non-hydrogen) atoms. The first-order valence-corrected chi connectivity index (χ1v) is 7.47. The number of amides is 1. The number of piperazine rings is 1. The molecular formula is C14H28ClN3O. The number of hydrogen-bond acceptors (Lipinski definition) is 3. The predicted molar refractivity (Wildman–Crippen MR) is 80.7 cm³/mol. The number of hydrogen-bond donors (Lipinski definition) is 2. The number of rotatable bonds is 4. The molecule has 0 spiro atoms. The molecule has 1 heterocycles. The number of nitrogens with zero attached hydrogens (tertiary/aromatic N) is 1. The molecule has 1 aliphatic carbocycles. The van der Waals surface area contributed by atoms with Crippen LogP contribution in [0.15, 0.2) is 0 Å². The fourth-order valence-corrected chi connectivity index (χ4v) is 3.01. The van der Waals surface area contributed by atoms with E-state index < -0.39 is 0 Å². The number of carbonyl (C=O) groups is 1. The van der Waals surface area contributed by atoms with Crippen molar-refractivity contribution < 1.29 is 4.79 Å². The number of nitrogens with one attached hydrogen (secondary N) is 2. The first-order valence-electron chi connectivity index (χ1n) is 7.47. The smallest absolute Gasteiger partial charge is 0.234 e. The summed E-state index contributed by atoms with van der Waals surface area (Å²) in [6.45, 7) is 6.61. The molecule has 2 rings (SSSR count). The molecule has 1 saturated carbocycles. The van der Waals surface area contributed by atoms with Gasteiger partial charge in [-0.25, -0.2) is 0 Å². The molecule has 2 fully saturated rings. The highest BCUT2D eigenvalue weighted by Crippen LogP contribution is 2.22.